The van der Waals surface area contributed by atoms with Gasteiger partial charge in [0.15, 0.2) is 0 Å². The first-order chi connectivity index (χ1) is 10.3. The fourth-order valence-electron chi connectivity index (χ4n) is 2.37. The fourth-order valence-corrected chi connectivity index (χ4v) is 2.37. The van der Waals surface area contributed by atoms with E-state index < -0.39 is 0 Å². The highest BCUT2D eigenvalue weighted by Crippen LogP contribution is 2.25. The molecule has 0 aliphatic rings. The van der Waals surface area contributed by atoms with Crippen molar-refractivity contribution in [2.45, 2.75) is 18.5 Å². The molecular formula is C17H18N2O2. The van der Waals surface area contributed by atoms with Gasteiger partial charge in [-0.3, -0.25) is 9.59 Å². The molecule has 0 aromatic heterocycles. The molecule has 0 saturated heterocycles. The molecule has 0 unspecified atom stereocenters. The fraction of sp³-hybridized carbons (Fsp3) is 0.176. The number of carbonyl (C=O) groups excluding carboxylic acids is 2. The van der Waals surface area contributed by atoms with Crippen molar-refractivity contribution in [3.05, 3.63) is 71.8 Å². The summed E-state index contributed by atoms with van der Waals surface area (Å²) in [6.07, 6.45) is 1.98. The maximum absolute atomic E-state index is 10.9. The molecule has 0 aliphatic heterocycles. The smallest absolute Gasteiger partial charge is 0.207 e. The van der Waals surface area contributed by atoms with Crippen molar-refractivity contribution in [1.29, 1.82) is 0 Å². The average Bonchev–Trinajstić information content (AvgIpc) is 2.55. The van der Waals surface area contributed by atoms with Gasteiger partial charge < -0.3 is 10.6 Å². The molecule has 0 spiro atoms. The van der Waals surface area contributed by atoms with Crippen molar-refractivity contribution < 1.29 is 9.59 Å². The van der Waals surface area contributed by atoms with Gasteiger partial charge in [0, 0.05) is 0 Å². The lowest BCUT2D eigenvalue weighted by atomic mass is 9.95. The van der Waals surface area contributed by atoms with Crippen LogP contribution in [0.2, 0.25) is 0 Å². The predicted molar refractivity (Wildman–Crippen MR) is 81.4 cm³/mol. The average molecular weight is 282 g/mol. The van der Waals surface area contributed by atoms with E-state index in [1.807, 2.05) is 60.7 Å². The molecular weight excluding hydrogens is 264 g/mol. The summed E-state index contributed by atoms with van der Waals surface area (Å²) in [6, 6.07) is 19.1. The van der Waals surface area contributed by atoms with E-state index in [4.69, 9.17) is 0 Å². The first kappa shape index (κ1) is 14.8. The van der Waals surface area contributed by atoms with Crippen LogP contribution in [0, 0.1) is 0 Å². The summed E-state index contributed by atoms with van der Waals surface area (Å²) in [5.74, 6) is 0. The Kier molecular flexibility index (Phi) is 5.52. The Morgan fingerprint density at radius 3 is 1.43 bits per heavy atom. The summed E-state index contributed by atoms with van der Waals surface area (Å²) < 4.78 is 0. The molecule has 2 rings (SSSR count). The van der Waals surface area contributed by atoms with Gasteiger partial charge in [-0.15, -0.1) is 0 Å². The first-order valence-corrected chi connectivity index (χ1v) is 6.84. The van der Waals surface area contributed by atoms with Crippen molar-refractivity contribution in [3.63, 3.8) is 0 Å². The van der Waals surface area contributed by atoms with Crippen molar-refractivity contribution in [2.24, 2.45) is 0 Å². The SMILES string of the molecule is O=CN[C@@H](C[C@@H](NC=O)c1ccccc1)c1ccccc1. The topological polar surface area (TPSA) is 58.2 Å². The van der Waals surface area contributed by atoms with E-state index in [1.165, 1.54) is 0 Å². The quantitative estimate of drug-likeness (QED) is 0.730. The summed E-state index contributed by atoms with van der Waals surface area (Å²) in [4.78, 5) is 21.7. The predicted octanol–water partition coefficient (Wildman–Crippen LogP) is 2.35. The van der Waals surface area contributed by atoms with Crippen molar-refractivity contribution >= 4 is 12.8 Å². The molecule has 2 N–H and O–H groups in total. The van der Waals surface area contributed by atoms with Crippen LogP contribution >= 0.6 is 0 Å². The zero-order valence-corrected chi connectivity index (χ0v) is 11.6. The molecule has 2 amide bonds. The third-order valence-electron chi connectivity index (χ3n) is 3.41. The number of hydrogen-bond donors (Lipinski definition) is 2. The van der Waals surface area contributed by atoms with Crippen LogP contribution in [0.4, 0.5) is 0 Å². The minimum Gasteiger partial charge on any atom is -0.352 e. The standard InChI is InChI=1S/C17H18N2O2/c20-12-18-16(14-7-3-1-4-8-14)11-17(19-13-21)15-9-5-2-6-10-15/h1-10,12-13,16-17H,11H2,(H,18,20)(H,19,21)/t16-,17+. The van der Waals surface area contributed by atoms with Crippen LogP contribution in [-0.4, -0.2) is 12.8 Å². The van der Waals surface area contributed by atoms with Gasteiger partial charge in [0.1, 0.15) is 0 Å². The lowest BCUT2D eigenvalue weighted by Gasteiger charge is -2.23. The highest BCUT2D eigenvalue weighted by Gasteiger charge is 2.18. The summed E-state index contributed by atoms with van der Waals surface area (Å²) in [5, 5.41) is 5.64. The number of rotatable bonds is 8. The van der Waals surface area contributed by atoms with E-state index in [0.717, 1.165) is 11.1 Å². The maximum Gasteiger partial charge on any atom is 0.207 e. The molecule has 0 saturated carbocycles. The summed E-state index contributed by atoms with van der Waals surface area (Å²) >= 11 is 0. The van der Waals surface area contributed by atoms with Crippen molar-refractivity contribution in [1.82, 2.24) is 10.6 Å². The second kappa shape index (κ2) is 7.85. The molecule has 2 aromatic carbocycles. The van der Waals surface area contributed by atoms with Gasteiger partial charge in [0.2, 0.25) is 12.8 Å². The number of amides is 2. The van der Waals surface area contributed by atoms with Crippen LogP contribution in [0.3, 0.4) is 0 Å². The zero-order valence-electron chi connectivity index (χ0n) is 11.6. The zero-order chi connectivity index (χ0) is 14.9. The Morgan fingerprint density at radius 2 is 1.10 bits per heavy atom. The Labute approximate surface area is 124 Å². The van der Waals surface area contributed by atoms with Gasteiger partial charge in [0.05, 0.1) is 12.1 Å². The van der Waals surface area contributed by atoms with Gasteiger partial charge in [-0.05, 0) is 17.5 Å². The molecule has 0 bridgehead atoms. The summed E-state index contributed by atoms with van der Waals surface area (Å²) in [7, 11) is 0. The van der Waals surface area contributed by atoms with Gasteiger partial charge >= 0.3 is 0 Å². The van der Waals surface area contributed by atoms with E-state index in [9.17, 15) is 9.59 Å². The Balaban J connectivity index is 2.20. The van der Waals surface area contributed by atoms with E-state index in [1.54, 1.807) is 0 Å². The van der Waals surface area contributed by atoms with Crippen LogP contribution in [-0.2, 0) is 9.59 Å². The van der Waals surface area contributed by atoms with Crippen molar-refractivity contribution in [3.8, 4) is 0 Å². The molecule has 0 aliphatic carbocycles. The molecule has 21 heavy (non-hydrogen) atoms. The minimum absolute atomic E-state index is 0.152. The summed E-state index contributed by atoms with van der Waals surface area (Å²) in [5.41, 5.74) is 2.02. The Bertz CT molecular complexity index is 506. The second-order valence-corrected chi connectivity index (χ2v) is 4.73. The van der Waals surface area contributed by atoms with Crippen LogP contribution in [0.15, 0.2) is 60.7 Å². The normalized spacial score (nSPS) is 13.0. The Morgan fingerprint density at radius 1 is 0.714 bits per heavy atom. The highest BCUT2D eigenvalue weighted by molar-refractivity contribution is 5.49. The van der Waals surface area contributed by atoms with E-state index in [2.05, 4.69) is 10.6 Å². The van der Waals surface area contributed by atoms with Crippen LogP contribution in [0.1, 0.15) is 29.6 Å². The lowest BCUT2D eigenvalue weighted by molar-refractivity contribution is -0.110. The highest BCUT2D eigenvalue weighted by atomic mass is 16.1. The number of hydrogen-bond acceptors (Lipinski definition) is 2. The van der Waals surface area contributed by atoms with Crippen LogP contribution in [0.5, 0.6) is 0 Å². The molecule has 0 heterocycles. The van der Waals surface area contributed by atoms with E-state index >= 15 is 0 Å². The van der Waals surface area contributed by atoms with Gasteiger partial charge in [-0.2, -0.15) is 0 Å². The second-order valence-electron chi connectivity index (χ2n) is 4.73. The van der Waals surface area contributed by atoms with Gasteiger partial charge in [-0.1, -0.05) is 60.7 Å². The monoisotopic (exact) mass is 282 g/mol. The van der Waals surface area contributed by atoms with E-state index in [0.29, 0.717) is 19.2 Å². The molecule has 0 radical (unpaired) electrons. The number of carbonyl (C=O) groups is 2. The third-order valence-corrected chi connectivity index (χ3v) is 3.41. The molecule has 4 nitrogen and oxygen atoms in total. The molecule has 2 atom stereocenters. The Hall–Kier alpha value is -2.62. The maximum atomic E-state index is 10.9. The van der Waals surface area contributed by atoms with Crippen LogP contribution < -0.4 is 10.6 Å². The molecule has 2 aromatic rings. The summed E-state index contributed by atoms with van der Waals surface area (Å²) in [6.45, 7) is 0. The van der Waals surface area contributed by atoms with Gasteiger partial charge in [-0.25, -0.2) is 0 Å². The van der Waals surface area contributed by atoms with Gasteiger partial charge in [0.25, 0.3) is 0 Å². The molecule has 0 fully saturated rings. The minimum atomic E-state index is -0.152. The number of nitrogens with one attached hydrogen (secondary N) is 2. The largest absolute Gasteiger partial charge is 0.352 e. The first-order valence-electron chi connectivity index (χ1n) is 6.84. The molecule has 108 valence electrons. The van der Waals surface area contributed by atoms with E-state index in [-0.39, 0.29) is 12.1 Å². The van der Waals surface area contributed by atoms with Crippen LogP contribution in [0.25, 0.3) is 0 Å². The third kappa shape index (κ3) is 4.18. The lowest BCUT2D eigenvalue weighted by Crippen LogP contribution is -2.27. The van der Waals surface area contributed by atoms with Crippen molar-refractivity contribution in [2.75, 3.05) is 0 Å². The molecule has 4 heteroatoms. The number of benzene rings is 2.